The van der Waals surface area contributed by atoms with Gasteiger partial charge in [-0.2, -0.15) is 0 Å². The van der Waals surface area contributed by atoms with Crippen LogP contribution >= 0.6 is 15.9 Å². The molecule has 1 N–H and O–H groups in total. The van der Waals surface area contributed by atoms with E-state index in [1.807, 2.05) is 0 Å². The van der Waals surface area contributed by atoms with Gasteiger partial charge in [0.25, 0.3) is 0 Å². The summed E-state index contributed by atoms with van der Waals surface area (Å²) in [4.78, 5) is 0. The third kappa shape index (κ3) is 5.51. The second-order valence-corrected chi connectivity index (χ2v) is 6.45. The molecule has 0 aliphatic rings. The minimum Gasteiger partial charge on any atom is -0.385 e. The highest BCUT2D eigenvalue weighted by atomic mass is 79.9. The van der Waals surface area contributed by atoms with E-state index < -0.39 is 0 Å². The van der Waals surface area contributed by atoms with Crippen LogP contribution < -0.4 is 5.32 Å². The predicted molar refractivity (Wildman–Crippen MR) is 80.9 cm³/mol. The highest BCUT2D eigenvalue weighted by molar-refractivity contribution is 9.10. The van der Waals surface area contributed by atoms with Gasteiger partial charge in [0.05, 0.1) is 0 Å². The van der Waals surface area contributed by atoms with Crippen LogP contribution in [0.1, 0.15) is 31.4 Å². The molecule has 0 saturated carbocycles. The molecule has 0 bridgehead atoms. The summed E-state index contributed by atoms with van der Waals surface area (Å²) in [6.45, 7) is 9.38. The van der Waals surface area contributed by atoms with E-state index in [2.05, 4.69) is 60.2 Å². The minimum atomic E-state index is 0.276. The van der Waals surface area contributed by atoms with E-state index in [9.17, 15) is 0 Å². The van der Waals surface area contributed by atoms with Gasteiger partial charge >= 0.3 is 0 Å². The van der Waals surface area contributed by atoms with E-state index in [0.29, 0.717) is 0 Å². The Kier molecular flexibility index (Phi) is 6.33. The number of methoxy groups -OCH3 is 1. The van der Waals surface area contributed by atoms with Gasteiger partial charge in [-0.05, 0) is 36.0 Å². The molecule has 0 aliphatic heterocycles. The molecular formula is C15H24BrNO. The molecule has 0 aromatic heterocycles. The van der Waals surface area contributed by atoms with Gasteiger partial charge in [-0.3, -0.25) is 0 Å². The third-order valence-electron chi connectivity index (χ3n) is 3.15. The Morgan fingerprint density at radius 1 is 1.33 bits per heavy atom. The molecule has 102 valence electrons. The van der Waals surface area contributed by atoms with Gasteiger partial charge in [0, 0.05) is 31.3 Å². The fourth-order valence-corrected chi connectivity index (χ4v) is 2.18. The summed E-state index contributed by atoms with van der Waals surface area (Å²) in [7, 11) is 1.76. The van der Waals surface area contributed by atoms with Crippen molar-refractivity contribution in [1.82, 2.24) is 5.32 Å². The van der Waals surface area contributed by atoms with Crippen LogP contribution in [0.3, 0.4) is 0 Å². The van der Waals surface area contributed by atoms with Gasteiger partial charge in [-0.25, -0.2) is 0 Å². The summed E-state index contributed by atoms with van der Waals surface area (Å²) in [5.74, 6) is 0. The molecule has 1 aromatic carbocycles. The zero-order valence-electron chi connectivity index (χ0n) is 11.8. The summed E-state index contributed by atoms with van der Waals surface area (Å²) in [6, 6.07) is 6.51. The second-order valence-electron chi connectivity index (χ2n) is 5.59. The Morgan fingerprint density at radius 3 is 2.67 bits per heavy atom. The van der Waals surface area contributed by atoms with Crippen molar-refractivity contribution in [3.63, 3.8) is 0 Å². The average Bonchev–Trinajstić information content (AvgIpc) is 2.31. The van der Waals surface area contributed by atoms with Crippen molar-refractivity contribution < 1.29 is 4.74 Å². The Labute approximate surface area is 119 Å². The smallest absolute Gasteiger partial charge is 0.0467 e. The number of aryl methyl sites for hydroxylation is 1. The molecule has 0 unspecified atom stereocenters. The summed E-state index contributed by atoms with van der Waals surface area (Å²) < 4.78 is 6.32. The van der Waals surface area contributed by atoms with Crippen molar-refractivity contribution >= 4 is 15.9 Å². The summed E-state index contributed by atoms with van der Waals surface area (Å²) in [6.07, 6.45) is 1.08. The molecule has 1 aromatic rings. The lowest BCUT2D eigenvalue weighted by molar-refractivity contribution is 0.150. The Morgan fingerprint density at radius 2 is 2.06 bits per heavy atom. The van der Waals surface area contributed by atoms with E-state index in [4.69, 9.17) is 4.74 Å². The first-order valence-electron chi connectivity index (χ1n) is 6.39. The highest BCUT2D eigenvalue weighted by Crippen LogP contribution is 2.20. The predicted octanol–water partition coefficient (Wildman–Crippen LogP) is 3.91. The Hall–Kier alpha value is -0.380. The first-order valence-corrected chi connectivity index (χ1v) is 7.18. The van der Waals surface area contributed by atoms with E-state index in [0.717, 1.165) is 26.1 Å². The molecule has 0 amide bonds. The molecule has 0 aliphatic carbocycles. The molecule has 0 heterocycles. The van der Waals surface area contributed by atoms with Crippen LogP contribution in [0.4, 0.5) is 0 Å². The van der Waals surface area contributed by atoms with Gasteiger partial charge in [0.1, 0.15) is 0 Å². The molecule has 3 heteroatoms. The van der Waals surface area contributed by atoms with E-state index >= 15 is 0 Å². The van der Waals surface area contributed by atoms with Crippen LogP contribution in [0.2, 0.25) is 0 Å². The topological polar surface area (TPSA) is 21.3 Å². The number of rotatable bonds is 7. The second kappa shape index (κ2) is 7.27. The van der Waals surface area contributed by atoms with Crippen LogP contribution in [-0.2, 0) is 11.3 Å². The molecule has 0 saturated heterocycles. The van der Waals surface area contributed by atoms with Gasteiger partial charge in [-0.1, -0.05) is 41.9 Å². The summed E-state index contributed by atoms with van der Waals surface area (Å²) in [5, 5.41) is 3.52. The molecule has 0 atom stereocenters. The zero-order valence-corrected chi connectivity index (χ0v) is 13.4. The molecule has 0 spiro atoms. The normalized spacial score (nSPS) is 11.8. The van der Waals surface area contributed by atoms with Gasteiger partial charge in [0.2, 0.25) is 0 Å². The average molecular weight is 314 g/mol. The lowest BCUT2D eigenvalue weighted by atomic mass is 9.89. The van der Waals surface area contributed by atoms with Crippen LogP contribution in [0.25, 0.3) is 0 Å². The quantitative estimate of drug-likeness (QED) is 0.824. The van der Waals surface area contributed by atoms with Crippen LogP contribution in [0.5, 0.6) is 0 Å². The fourth-order valence-electron chi connectivity index (χ4n) is 1.76. The summed E-state index contributed by atoms with van der Waals surface area (Å²) >= 11 is 3.57. The molecule has 2 nitrogen and oxygen atoms in total. The standard InChI is InChI=1S/C15H24BrNO/c1-12-5-6-13(9-14(12)16)10-17-11-15(2,3)7-8-18-4/h5-6,9,17H,7-8,10-11H2,1-4H3. The monoisotopic (exact) mass is 313 g/mol. The van der Waals surface area contributed by atoms with Crippen molar-refractivity contribution in [2.24, 2.45) is 5.41 Å². The van der Waals surface area contributed by atoms with Crippen LogP contribution in [0.15, 0.2) is 22.7 Å². The maximum atomic E-state index is 5.14. The number of ether oxygens (including phenoxy) is 1. The van der Waals surface area contributed by atoms with Gasteiger partial charge in [0.15, 0.2) is 0 Å². The zero-order chi connectivity index (χ0) is 13.6. The van der Waals surface area contributed by atoms with E-state index in [1.54, 1.807) is 7.11 Å². The number of benzene rings is 1. The Bertz CT molecular complexity index is 377. The lowest BCUT2D eigenvalue weighted by Crippen LogP contribution is -2.30. The molecule has 18 heavy (non-hydrogen) atoms. The molecular weight excluding hydrogens is 290 g/mol. The van der Waals surface area contributed by atoms with E-state index in [1.165, 1.54) is 15.6 Å². The number of hydrogen-bond donors (Lipinski definition) is 1. The lowest BCUT2D eigenvalue weighted by Gasteiger charge is -2.24. The SMILES string of the molecule is COCCC(C)(C)CNCc1ccc(C)c(Br)c1. The van der Waals surface area contributed by atoms with Crippen molar-refractivity contribution in [3.8, 4) is 0 Å². The minimum absolute atomic E-state index is 0.276. The number of hydrogen-bond acceptors (Lipinski definition) is 2. The molecule has 1 rings (SSSR count). The number of halogens is 1. The van der Waals surface area contributed by atoms with Crippen molar-refractivity contribution in [3.05, 3.63) is 33.8 Å². The van der Waals surface area contributed by atoms with E-state index in [-0.39, 0.29) is 5.41 Å². The molecule has 0 fully saturated rings. The number of nitrogens with one attached hydrogen (secondary N) is 1. The van der Waals surface area contributed by atoms with Crippen molar-refractivity contribution in [2.75, 3.05) is 20.3 Å². The van der Waals surface area contributed by atoms with Crippen LogP contribution in [0, 0.1) is 12.3 Å². The Balaban J connectivity index is 2.39. The van der Waals surface area contributed by atoms with Crippen LogP contribution in [-0.4, -0.2) is 20.3 Å². The maximum Gasteiger partial charge on any atom is 0.0467 e. The van der Waals surface area contributed by atoms with Gasteiger partial charge in [-0.15, -0.1) is 0 Å². The van der Waals surface area contributed by atoms with Crippen molar-refractivity contribution in [2.45, 2.75) is 33.7 Å². The third-order valence-corrected chi connectivity index (χ3v) is 4.01. The first kappa shape index (κ1) is 15.7. The first-order chi connectivity index (χ1) is 8.44. The summed E-state index contributed by atoms with van der Waals surface area (Å²) in [5.41, 5.74) is 2.87. The maximum absolute atomic E-state index is 5.14. The van der Waals surface area contributed by atoms with Crippen molar-refractivity contribution in [1.29, 1.82) is 0 Å². The fraction of sp³-hybridized carbons (Fsp3) is 0.600. The highest BCUT2D eigenvalue weighted by Gasteiger charge is 2.16. The van der Waals surface area contributed by atoms with Gasteiger partial charge < -0.3 is 10.1 Å². The molecule has 0 radical (unpaired) electrons. The largest absolute Gasteiger partial charge is 0.385 e.